The third-order valence-electron chi connectivity index (χ3n) is 4.60. The van der Waals surface area contributed by atoms with Crippen LogP contribution in [-0.4, -0.2) is 19.0 Å². The molecule has 0 aliphatic rings. The third kappa shape index (κ3) is 4.84. The summed E-state index contributed by atoms with van der Waals surface area (Å²) in [4.78, 5) is 25.8. The van der Waals surface area contributed by atoms with Crippen LogP contribution in [0.5, 0.6) is 5.75 Å². The van der Waals surface area contributed by atoms with Gasteiger partial charge in [0, 0.05) is 5.56 Å². The topological polar surface area (TPSA) is 64.6 Å². The minimum absolute atomic E-state index is 0.0665. The molecule has 0 fully saturated rings. The van der Waals surface area contributed by atoms with Crippen LogP contribution in [-0.2, 0) is 9.53 Å². The van der Waals surface area contributed by atoms with Gasteiger partial charge in [0.25, 0.3) is 5.91 Å². The Hall–Kier alpha value is -3.67. The van der Waals surface area contributed by atoms with Crippen LogP contribution in [0, 0.1) is 19.7 Å². The molecule has 1 unspecified atom stereocenters. The van der Waals surface area contributed by atoms with Gasteiger partial charge >= 0.3 is 5.97 Å². The number of methoxy groups -OCH3 is 1. The number of nitrogens with one attached hydrogen (secondary N) is 1. The number of hydrogen-bond donors (Lipinski definition) is 1. The van der Waals surface area contributed by atoms with Gasteiger partial charge in [-0.15, -0.1) is 0 Å². The maximum absolute atomic E-state index is 13.6. The Kier molecular flexibility index (Phi) is 6.47. The molecule has 0 saturated heterocycles. The van der Waals surface area contributed by atoms with Gasteiger partial charge in [0.15, 0.2) is 0 Å². The highest BCUT2D eigenvalue weighted by Gasteiger charge is 2.27. The van der Waals surface area contributed by atoms with E-state index < -0.39 is 23.8 Å². The van der Waals surface area contributed by atoms with Gasteiger partial charge in [0.1, 0.15) is 11.6 Å². The van der Waals surface area contributed by atoms with Crippen molar-refractivity contribution >= 4 is 17.6 Å². The highest BCUT2D eigenvalue weighted by Crippen LogP contribution is 2.28. The quantitative estimate of drug-likeness (QED) is 0.585. The first-order valence-electron chi connectivity index (χ1n) is 9.36. The lowest BCUT2D eigenvalue weighted by Gasteiger charge is -2.20. The van der Waals surface area contributed by atoms with Crippen molar-refractivity contribution in [1.82, 2.24) is 0 Å². The molecule has 1 amide bonds. The van der Waals surface area contributed by atoms with E-state index in [0.29, 0.717) is 22.6 Å². The van der Waals surface area contributed by atoms with Crippen molar-refractivity contribution in [3.05, 3.63) is 94.8 Å². The number of anilines is 1. The monoisotopic (exact) mass is 407 g/mol. The first kappa shape index (κ1) is 21.0. The van der Waals surface area contributed by atoms with Crippen molar-refractivity contribution in [2.75, 3.05) is 12.4 Å². The SMILES string of the molecule is COc1ccc(C)cc1NC(=O)C(OC(=O)c1cc(F)ccc1C)c1ccccc1. The number of halogens is 1. The van der Waals surface area contributed by atoms with Gasteiger partial charge in [-0.05, 0) is 49.2 Å². The molecular formula is C24H22FNO4. The minimum atomic E-state index is -1.23. The summed E-state index contributed by atoms with van der Waals surface area (Å²) in [5.74, 6) is -1.41. The zero-order chi connectivity index (χ0) is 21.7. The molecule has 6 heteroatoms. The van der Waals surface area contributed by atoms with Crippen LogP contribution in [0.4, 0.5) is 10.1 Å². The fraction of sp³-hybridized carbons (Fsp3) is 0.167. The van der Waals surface area contributed by atoms with Gasteiger partial charge in [-0.3, -0.25) is 4.79 Å². The second-order valence-electron chi connectivity index (χ2n) is 6.85. The molecule has 3 aromatic carbocycles. The van der Waals surface area contributed by atoms with E-state index in [-0.39, 0.29) is 5.56 Å². The van der Waals surface area contributed by atoms with Gasteiger partial charge < -0.3 is 14.8 Å². The lowest BCUT2D eigenvalue weighted by atomic mass is 10.1. The molecule has 0 aliphatic carbocycles. The van der Waals surface area contributed by atoms with Crippen molar-refractivity contribution in [1.29, 1.82) is 0 Å². The van der Waals surface area contributed by atoms with Crippen molar-refractivity contribution in [2.24, 2.45) is 0 Å². The number of amides is 1. The summed E-state index contributed by atoms with van der Waals surface area (Å²) in [6.07, 6.45) is -1.23. The number of carbonyl (C=O) groups is 2. The molecule has 3 rings (SSSR count). The lowest BCUT2D eigenvalue weighted by molar-refractivity contribution is -0.125. The Labute approximate surface area is 174 Å². The van der Waals surface area contributed by atoms with Crippen LogP contribution in [0.3, 0.4) is 0 Å². The molecule has 3 aromatic rings. The summed E-state index contributed by atoms with van der Waals surface area (Å²) in [5.41, 5.74) is 2.49. The molecule has 0 aliphatic heterocycles. The van der Waals surface area contributed by atoms with E-state index in [4.69, 9.17) is 9.47 Å². The third-order valence-corrected chi connectivity index (χ3v) is 4.60. The van der Waals surface area contributed by atoms with Crippen LogP contribution in [0.15, 0.2) is 66.7 Å². The summed E-state index contributed by atoms with van der Waals surface area (Å²) < 4.78 is 24.5. The van der Waals surface area contributed by atoms with E-state index in [2.05, 4.69) is 5.32 Å². The smallest absolute Gasteiger partial charge is 0.339 e. The van der Waals surface area contributed by atoms with Gasteiger partial charge in [-0.2, -0.15) is 0 Å². The molecule has 0 heterocycles. The molecule has 0 spiro atoms. The first-order valence-corrected chi connectivity index (χ1v) is 9.36. The lowest BCUT2D eigenvalue weighted by Crippen LogP contribution is -2.26. The normalized spacial score (nSPS) is 11.5. The fourth-order valence-corrected chi connectivity index (χ4v) is 3.00. The van der Waals surface area contributed by atoms with E-state index in [1.54, 1.807) is 49.4 Å². The van der Waals surface area contributed by atoms with Crippen LogP contribution < -0.4 is 10.1 Å². The maximum atomic E-state index is 13.6. The van der Waals surface area contributed by atoms with Crippen molar-refractivity contribution in [3.8, 4) is 5.75 Å². The van der Waals surface area contributed by atoms with Gasteiger partial charge in [0.05, 0.1) is 18.4 Å². The molecule has 1 N–H and O–H groups in total. The van der Waals surface area contributed by atoms with Crippen LogP contribution >= 0.6 is 0 Å². The summed E-state index contributed by atoms with van der Waals surface area (Å²) in [7, 11) is 1.50. The van der Waals surface area contributed by atoms with Crippen LogP contribution in [0.1, 0.15) is 33.2 Å². The highest BCUT2D eigenvalue weighted by molar-refractivity contribution is 5.99. The number of rotatable bonds is 6. The Morgan fingerprint density at radius 1 is 0.967 bits per heavy atom. The molecule has 0 saturated carbocycles. The molecule has 0 aromatic heterocycles. The van der Waals surface area contributed by atoms with E-state index in [1.807, 2.05) is 13.0 Å². The van der Waals surface area contributed by atoms with Gasteiger partial charge in [-0.1, -0.05) is 42.5 Å². The highest BCUT2D eigenvalue weighted by atomic mass is 19.1. The zero-order valence-corrected chi connectivity index (χ0v) is 16.9. The number of aryl methyl sites for hydroxylation is 2. The Morgan fingerprint density at radius 3 is 2.40 bits per heavy atom. The zero-order valence-electron chi connectivity index (χ0n) is 16.9. The Morgan fingerprint density at radius 2 is 1.70 bits per heavy atom. The second kappa shape index (κ2) is 9.22. The molecule has 0 bridgehead atoms. The Bertz CT molecular complexity index is 1070. The summed E-state index contributed by atoms with van der Waals surface area (Å²) in [6, 6.07) is 17.8. The van der Waals surface area contributed by atoms with Crippen molar-refractivity contribution < 1.29 is 23.5 Å². The van der Waals surface area contributed by atoms with Crippen LogP contribution in [0.25, 0.3) is 0 Å². The average molecular weight is 407 g/mol. The first-order chi connectivity index (χ1) is 14.4. The predicted octanol–water partition coefficient (Wildman–Crippen LogP) is 4.99. The van der Waals surface area contributed by atoms with E-state index in [1.165, 1.54) is 19.2 Å². The molecule has 5 nitrogen and oxygen atoms in total. The van der Waals surface area contributed by atoms with Crippen molar-refractivity contribution in [2.45, 2.75) is 20.0 Å². The van der Waals surface area contributed by atoms with Gasteiger partial charge in [-0.25, -0.2) is 9.18 Å². The van der Waals surface area contributed by atoms with E-state index >= 15 is 0 Å². The van der Waals surface area contributed by atoms with Crippen molar-refractivity contribution in [3.63, 3.8) is 0 Å². The molecule has 154 valence electrons. The maximum Gasteiger partial charge on any atom is 0.339 e. The summed E-state index contributed by atoms with van der Waals surface area (Å²) in [6.45, 7) is 3.56. The summed E-state index contributed by atoms with van der Waals surface area (Å²) in [5, 5.41) is 2.77. The number of hydrogen-bond acceptors (Lipinski definition) is 4. The van der Waals surface area contributed by atoms with Gasteiger partial charge in [0.2, 0.25) is 6.10 Å². The number of ether oxygens (including phenoxy) is 2. The number of benzene rings is 3. The largest absolute Gasteiger partial charge is 0.495 e. The average Bonchev–Trinajstić information content (AvgIpc) is 2.74. The number of esters is 1. The van der Waals surface area contributed by atoms with E-state index in [9.17, 15) is 14.0 Å². The molecule has 30 heavy (non-hydrogen) atoms. The molecule has 1 atom stereocenters. The standard InChI is InChI=1S/C24H22FNO4/c1-15-9-12-21(29-3)20(13-15)26-23(27)22(17-7-5-4-6-8-17)30-24(28)19-14-18(25)11-10-16(19)2/h4-14,22H,1-3H3,(H,26,27). The molecule has 0 radical (unpaired) electrons. The molecular weight excluding hydrogens is 385 g/mol. The minimum Gasteiger partial charge on any atom is -0.495 e. The predicted molar refractivity (Wildman–Crippen MR) is 112 cm³/mol. The Balaban J connectivity index is 1.92. The number of carbonyl (C=O) groups excluding carboxylic acids is 2. The summed E-state index contributed by atoms with van der Waals surface area (Å²) >= 11 is 0. The van der Waals surface area contributed by atoms with Crippen LogP contribution in [0.2, 0.25) is 0 Å². The van der Waals surface area contributed by atoms with E-state index in [0.717, 1.165) is 11.6 Å². The fourth-order valence-electron chi connectivity index (χ4n) is 3.00. The second-order valence-corrected chi connectivity index (χ2v) is 6.85.